The molecule has 0 amide bonds. The summed E-state index contributed by atoms with van der Waals surface area (Å²) >= 11 is 1.63. The van der Waals surface area contributed by atoms with Gasteiger partial charge in [0, 0.05) is 10.4 Å². The lowest BCUT2D eigenvalue weighted by molar-refractivity contribution is 0.0970. The Morgan fingerprint density at radius 3 is 2.84 bits per heavy atom. The maximum absolute atomic E-state index is 12.9. The van der Waals surface area contributed by atoms with Gasteiger partial charge in [0.25, 0.3) is 5.56 Å². The second kappa shape index (κ2) is 6.23. The van der Waals surface area contributed by atoms with E-state index in [1.165, 1.54) is 15.8 Å². The summed E-state index contributed by atoms with van der Waals surface area (Å²) in [7, 11) is 0. The number of rotatable bonds is 3. The van der Waals surface area contributed by atoms with E-state index in [9.17, 15) is 9.59 Å². The standard InChI is InChI=1S/C20H20N2O2S/c1-12-3-6-14(7-4-12)16(23)10-22-11-21-19-18(20(22)24)15-8-5-13(2)9-17(15)25-19/h3-4,6-7,11,13H,5,8-10H2,1-2H3. The molecule has 3 aromatic rings. The van der Waals surface area contributed by atoms with Crippen LogP contribution in [0.25, 0.3) is 10.2 Å². The number of ketones is 1. The van der Waals surface area contributed by atoms with E-state index in [2.05, 4.69) is 11.9 Å². The SMILES string of the molecule is Cc1ccc(C(=O)Cn2cnc3sc4c(c3c2=O)CCC(C)C4)cc1. The van der Waals surface area contributed by atoms with Crippen molar-refractivity contribution in [2.24, 2.45) is 5.92 Å². The number of aryl methyl sites for hydroxylation is 2. The largest absolute Gasteiger partial charge is 0.292 e. The molecule has 0 N–H and O–H groups in total. The molecule has 0 aliphatic heterocycles. The number of Topliss-reactive ketones (excluding diaryl/α,β-unsaturated/α-hetero) is 1. The van der Waals surface area contributed by atoms with Crippen molar-refractivity contribution in [2.45, 2.75) is 39.7 Å². The van der Waals surface area contributed by atoms with E-state index in [-0.39, 0.29) is 17.9 Å². The highest BCUT2D eigenvalue weighted by Crippen LogP contribution is 2.35. The Hall–Kier alpha value is -2.27. The van der Waals surface area contributed by atoms with Crippen LogP contribution in [0, 0.1) is 12.8 Å². The maximum Gasteiger partial charge on any atom is 0.262 e. The Kier molecular flexibility index (Phi) is 4.04. The number of thiophene rings is 1. The van der Waals surface area contributed by atoms with Gasteiger partial charge in [-0.2, -0.15) is 0 Å². The third-order valence-corrected chi connectivity index (χ3v) is 6.13. The first-order valence-corrected chi connectivity index (χ1v) is 9.44. The molecule has 2 heterocycles. The Morgan fingerprint density at radius 1 is 1.32 bits per heavy atom. The predicted octanol–water partition coefficient (Wildman–Crippen LogP) is 3.77. The van der Waals surface area contributed by atoms with E-state index in [4.69, 9.17) is 0 Å². The van der Waals surface area contributed by atoms with E-state index < -0.39 is 0 Å². The van der Waals surface area contributed by atoms with Crippen molar-refractivity contribution in [1.82, 2.24) is 9.55 Å². The Labute approximate surface area is 150 Å². The molecule has 1 unspecified atom stereocenters. The topological polar surface area (TPSA) is 52.0 Å². The number of hydrogen-bond acceptors (Lipinski definition) is 4. The molecule has 2 aromatic heterocycles. The summed E-state index contributed by atoms with van der Waals surface area (Å²) < 4.78 is 1.45. The van der Waals surface area contributed by atoms with Crippen molar-refractivity contribution in [3.05, 3.63) is 62.5 Å². The van der Waals surface area contributed by atoms with Crippen molar-refractivity contribution in [3.8, 4) is 0 Å². The van der Waals surface area contributed by atoms with E-state index in [0.29, 0.717) is 11.5 Å². The quantitative estimate of drug-likeness (QED) is 0.674. The summed E-state index contributed by atoms with van der Waals surface area (Å²) in [5, 5.41) is 0.728. The van der Waals surface area contributed by atoms with Crippen LogP contribution < -0.4 is 5.56 Å². The minimum Gasteiger partial charge on any atom is -0.292 e. The molecular formula is C20H20N2O2S. The van der Waals surface area contributed by atoms with Gasteiger partial charge in [0.1, 0.15) is 4.83 Å². The lowest BCUT2D eigenvalue weighted by Crippen LogP contribution is -2.25. The predicted molar refractivity (Wildman–Crippen MR) is 101 cm³/mol. The van der Waals surface area contributed by atoms with Gasteiger partial charge in [-0.05, 0) is 37.7 Å². The van der Waals surface area contributed by atoms with Crippen LogP contribution in [-0.4, -0.2) is 15.3 Å². The number of nitrogens with zero attached hydrogens (tertiary/aromatic N) is 2. The van der Waals surface area contributed by atoms with E-state index in [1.54, 1.807) is 11.3 Å². The first-order valence-electron chi connectivity index (χ1n) is 8.62. The molecule has 5 heteroatoms. The van der Waals surface area contributed by atoms with Gasteiger partial charge < -0.3 is 0 Å². The summed E-state index contributed by atoms with van der Waals surface area (Å²) in [6.45, 7) is 4.27. The van der Waals surface area contributed by atoms with Crippen LogP contribution in [0.5, 0.6) is 0 Å². The number of carbonyl (C=O) groups excluding carboxylic acids is 1. The lowest BCUT2D eigenvalue weighted by atomic mass is 9.89. The van der Waals surface area contributed by atoms with Gasteiger partial charge in [-0.25, -0.2) is 4.98 Å². The van der Waals surface area contributed by atoms with Gasteiger partial charge in [-0.1, -0.05) is 36.8 Å². The average molecular weight is 352 g/mol. The lowest BCUT2D eigenvalue weighted by Gasteiger charge is -2.17. The number of hydrogen-bond donors (Lipinski definition) is 0. The molecule has 0 spiro atoms. The van der Waals surface area contributed by atoms with Gasteiger partial charge in [0.15, 0.2) is 5.78 Å². The van der Waals surface area contributed by atoms with Crippen LogP contribution in [0.15, 0.2) is 35.4 Å². The third-order valence-electron chi connectivity index (χ3n) is 4.97. The number of aromatic nitrogens is 2. The van der Waals surface area contributed by atoms with Crippen LogP contribution >= 0.6 is 11.3 Å². The molecule has 25 heavy (non-hydrogen) atoms. The number of benzene rings is 1. The first-order chi connectivity index (χ1) is 12.0. The zero-order valence-electron chi connectivity index (χ0n) is 14.4. The molecule has 1 aromatic carbocycles. The summed E-state index contributed by atoms with van der Waals surface area (Å²) in [5.41, 5.74) is 2.81. The van der Waals surface area contributed by atoms with E-state index >= 15 is 0 Å². The van der Waals surface area contributed by atoms with Crippen LogP contribution in [0.2, 0.25) is 0 Å². The van der Waals surface area contributed by atoms with Crippen molar-refractivity contribution >= 4 is 27.3 Å². The first kappa shape index (κ1) is 16.2. The molecule has 0 saturated heterocycles. The van der Waals surface area contributed by atoms with Crippen LogP contribution in [0.1, 0.15) is 39.7 Å². The highest BCUT2D eigenvalue weighted by Gasteiger charge is 2.23. The number of carbonyl (C=O) groups is 1. The Morgan fingerprint density at radius 2 is 2.08 bits per heavy atom. The van der Waals surface area contributed by atoms with Gasteiger partial charge in [-0.15, -0.1) is 11.3 Å². The molecule has 4 nitrogen and oxygen atoms in total. The molecular weight excluding hydrogens is 332 g/mol. The fourth-order valence-corrected chi connectivity index (χ4v) is 4.81. The maximum atomic E-state index is 12.9. The smallest absolute Gasteiger partial charge is 0.262 e. The monoisotopic (exact) mass is 352 g/mol. The average Bonchev–Trinajstić information content (AvgIpc) is 2.96. The Balaban J connectivity index is 1.71. The van der Waals surface area contributed by atoms with E-state index in [0.717, 1.165) is 40.6 Å². The second-order valence-electron chi connectivity index (χ2n) is 7.00. The Bertz CT molecular complexity index is 1010. The molecule has 4 rings (SSSR count). The minimum absolute atomic E-state index is 0.0336. The van der Waals surface area contributed by atoms with Crippen LogP contribution in [0.4, 0.5) is 0 Å². The molecule has 1 atom stereocenters. The van der Waals surface area contributed by atoms with Crippen molar-refractivity contribution in [2.75, 3.05) is 0 Å². The van der Waals surface area contributed by atoms with Gasteiger partial charge in [0.05, 0.1) is 18.3 Å². The van der Waals surface area contributed by atoms with Crippen LogP contribution in [0.3, 0.4) is 0 Å². The fraction of sp³-hybridized carbons (Fsp3) is 0.350. The van der Waals surface area contributed by atoms with Crippen molar-refractivity contribution in [1.29, 1.82) is 0 Å². The highest BCUT2D eigenvalue weighted by atomic mass is 32.1. The summed E-state index contributed by atoms with van der Waals surface area (Å²) in [4.78, 5) is 32.0. The van der Waals surface area contributed by atoms with Crippen LogP contribution in [-0.2, 0) is 19.4 Å². The highest BCUT2D eigenvalue weighted by molar-refractivity contribution is 7.18. The molecule has 0 saturated carbocycles. The van der Waals surface area contributed by atoms with E-state index in [1.807, 2.05) is 31.2 Å². The summed E-state index contributed by atoms with van der Waals surface area (Å²) in [6.07, 6.45) is 4.58. The molecule has 0 radical (unpaired) electrons. The molecule has 1 aliphatic carbocycles. The van der Waals surface area contributed by atoms with Gasteiger partial charge in [0.2, 0.25) is 0 Å². The summed E-state index contributed by atoms with van der Waals surface area (Å²) in [6, 6.07) is 7.44. The minimum atomic E-state index is -0.0856. The third kappa shape index (κ3) is 2.93. The molecule has 0 bridgehead atoms. The zero-order valence-corrected chi connectivity index (χ0v) is 15.2. The van der Waals surface area contributed by atoms with Gasteiger partial charge in [-0.3, -0.25) is 14.2 Å². The number of fused-ring (bicyclic) bond motifs is 3. The second-order valence-corrected chi connectivity index (χ2v) is 8.08. The molecule has 128 valence electrons. The normalized spacial score (nSPS) is 16.8. The fourth-order valence-electron chi connectivity index (χ4n) is 3.46. The van der Waals surface area contributed by atoms with Crippen molar-refractivity contribution < 1.29 is 4.79 Å². The van der Waals surface area contributed by atoms with Crippen molar-refractivity contribution in [3.63, 3.8) is 0 Å². The van der Waals surface area contributed by atoms with Gasteiger partial charge >= 0.3 is 0 Å². The molecule has 0 fully saturated rings. The molecule has 1 aliphatic rings. The zero-order chi connectivity index (χ0) is 17.6. The summed E-state index contributed by atoms with van der Waals surface area (Å²) in [5.74, 6) is 0.590.